The maximum atomic E-state index is 10.6. The van der Waals surface area contributed by atoms with E-state index in [9.17, 15) is 10.2 Å². The van der Waals surface area contributed by atoms with Gasteiger partial charge in [-0.2, -0.15) is 0 Å². The molecule has 2 aromatic rings. The molecular formula is C20H24ClNO4S. The number of hydrogen-bond donors (Lipinski definition) is 2. The van der Waals surface area contributed by atoms with E-state index < -0.39 is 6.10 Å². The second kappa shape index (κ2) is 8.05. The molecule has 0 unspecified atom stereocenters. The molecule has 1 saturated carbocycles. The molecular weight excluding hydrogens is 386 g/mol. The summed E-state index contributed by atoms with van der Waals surface area (Å²) in [6.45, 7) is 2.37. The average Bonchev–Trinajstić information content (AvgIpc) is 3.26. The quantitative estimate of drug-likeness (QED) is 0.783. The third-order valence-electron chi connectivity index (χ3n) is 5.69. The number of aryl methyl sites for hydroxylation is 1. The minimum atomic E-state index is -0.427. The van der Waals surface area contributed by atoms with Crippen molar-refractivity contribution < 1.29 is 19.7 Å². The van der Waals surface area contributed by atoms with Crippen molar-refractivity contribution >= 4 is 22.9 Å². The zero-order chi connectivity index (χ0) is 19.0. The first-order chi connectivity index (χ1) is 13.0. The van der Waals surface area contributed by atoms with Gasteiger partial charge in [0.05, 0.1) is 31.1 Å². The lowest BCUT2D eigenvalue weighted by Crippen LogP contribution is -2.33. The van der Waals surface area contributed by atoms with E-state index in [0.717, 1.165) is 29.2 Å². The van der Waals surface area contributed by atoms with Crippen molar-refractivity contribution in [2.45, 2.75) is 51.1 Å². The molecule has 1 saturated heterocycles. The lowest BCUT2D eigenvalue weighted by atomic mass is 9.87. The Labute approximate surface area is 167 Å². The molecule has 2 heterocycles. The second-order valence-electron chi connectivity index (χ2n) is 7.43. The highest BCUT2D eigenvalue weighted by Crippen LogP contribution is 2.46. The van der Waals surface area contributed by atoms with Gasteiger partial charge in [-0.3, -0.25) is 0 Å². The standard InChI is InChI=1S/C20H24ClNO4S/c1-11-2-3-13(6-16(11)21)25-9-15-14-4-5-18(26-19(14)7-17(15)24)20-22-12(8-23)10-27-20/h2-3,6,10,14-15,17-19,23-24H,4-5,7-9H2,1H3/t14-,15-,17+,18-,19+/m1/s1. The Bertz CT molecular complexity index is 798. The number of aromatic nitrogens is 1. The van der Waals surface area contributed by atoms with Crippen LogP contribution < -0.4 is 4.74 Å². The molecule has 1 aliphatic carbocycles. The van der Waals surface area contributed by atoms with Gasteiger partial charge in [0, 0.05) is 22.7 Å². The fraction of sp³-hybridized carbons (Fsp3) is 0.550. The Morgan fingerprint density at radius 3 is 2.96 bits per heavy atom. The van der Waals surface area contributed by atoms with Crippen molar-refractivity contribution in [2.24, 2.45) is 11.8 Å². The summed E-state index contributed by atoms with van der Waals surface area (Å²) in [6, 6.07) is 5.67. The summed E-state index contributed by atoms with van der Waals surface area (Å²) in [5.74, 6) is 1.07. The molecule has 1 aromatic carbocycles. The summed E-state index contributed by atoms with van der Waals surface area (Å²) >= 11 is 7.70. The first kappa shape index (κ1) is 19.2. The molecule has 0 bridgehead atoms. The van der Waals surface area contributed by atoms with Gasteiger partial charge in [0.1, 0.15) is 16.9 Å². The summed E-state index contributed by atoms with van der Waals surface area (Å²) in [6.07, 6.45) is 2.03. The molecule has 0 radical (unpaired) electrons. The van der Waals surface area contributed by atoms with Crippen LogP contribution in [0, 0.1) is 18.8 Å². The third kappa shape index (κ3) is 4.00. The van der Waals surface area contributed by atoms with Gasteiger partial charge in [-0.1, -0.05) is 17.7 Å². The van der Waals surface area contributed by atoms with Crippen LogP contribution in [0.1, 0.15) is 41.6 Å². The second-order valence-corrected chi connectivity index (χ2v) is 8.73. The predicted molar refractivity (Wildman–Crippen MR) is 104 cm³/mol. The number of benzene rings is 1. The maximum absolute atomic E-state index is 10.6. The van der Waals surface area contributed by atoms with E-state index in [4.69, 9.17) is 21.1 Å². The first-order valence-electron chi connectivity index (χ1n) is 9.32. The topological polar surface area (TPSA) is 71.8 Å². The van der Waals surface area contributed by atoms with E-state index in [0.29, 0.717) is 23.7 Å². The molecule has 5 atom stereocenters. The van der Waals surface area contributed by atoms with Crippen LogP contribution in [0.3, 0.4) is 0 Å². The minimum Gasteiger partial charge on any atom is -0.493 e. The van der Waals surface area contributed by atoms with Crippen LogP contribution in [-0.2, 0) is 11.3 Å². The van der Waals surface area contributed by atoms with Crippen LogP contribution in [0.2, 0.25) is 5.02 Å². The van der Waals surface area contributed by atoms with Crippen molar-refractivity contribution in [3.8, 4) is 5.75 Å². The normalized spacial score (nSPS) is 30.3. The molecule has 27 heavy (non-hydrogen) atoms. The molecule has 4 rings (SSSR count). The van der Waals surface area contributed by atoms with Gasteiger partial charge in [-0.05, 0) is 43.4 Å². The molecule has 1 aromatic heterocycles. The van der Waals surface area contributed by atoms with Crippen molar-refractivity contribution in [3.05, 3.63) is 44.9 Å². The van der Waals surface area contributed by atoms with Gasteiger partial charge in [0.15, 0.2) is 0 Å². The van der Waals surface area contributed by atoms with Gasteiger partial charge in [-0.25, -0.2) is 4.98 Å². The van der Waals surface area contributed by atoms with Crippen molar-refractivity contribution in [3.63, 3.8) is 0 Å². The molecule has 2 aliphatic rings. The third-order valence-corrected chi connectivity index (χ3v) is 7.08. The Morgan fingerprint density at radius 1 is 1.37 bits per heavy atom. The fourth-order valence-corrected chi connectivity index (χ4v) is 5.19. The number of rotatable bonds is 5. The van der Waals surface area contributed by atoms with Gasteiger partial charge in [-0.15, -0.1) is 11.3 Å². The summed E-state index contributed by atoms with van der Waals surface area (Å²) < 4.78 is 12.2. The highest BCUT2D eigenvalue weighted by molar-refractivity contribution is 7.09. The van der Waals surface area contributed by atoms with E-state index in [2.05, 4.69) is 4.98 Å². The number of thiazole rings is 1. The maximum Gasteiger partial charge on any atom is 0.122 e. The Kier molecular flexibility index (Phi) is 5.71. The van der Waals surface area contributed by atoms with E-state index in [1.165, 1.54) is 11.3 Å². The highest BCUT2D eigenvalue weighted by atomic mass is 35.5. The van der Waals surface area contributed by atoms with Crippen molar-refractivity contribution in [1.29, 1.82) is 0 Å². The number of nitrogens with zero attached hydrogens (tertiary/aromatic N) is 1. The molecule has 146 valence electrons. The van der Waals surface area contributed by atoms with Crippen LogP contribution in [0.5, 0.6) is 5.75 Å². The molecule has 1 aliphatic heterocycles. The molecule has 5 nitrogen and oxygen atoms in total. The lowest BCUT2D eigenvalue weighted by Gasteiger charge is -2.33. The zero-order valence-corrected chi connectivity index (χ0v) is 16.7. The van der Waals surface area contributed by atoms with E-state index in [1.54, 1.807) is 0 Å². The first-order valence-corrected chi connectivity index (χ1v) is 10.6. The number of aliphatic hydroxyl groups is 2. The summed E-state index contributed by atoms with van der Waals surface area (Å²) in [5.41, 5.74) is 1.71. The monoisotopic (exact) mass is 409 g/mol. The Hall–Kier alpha value is -1.18. The number of aliphatic hydroxyl groups excluding tert-OH is 2. The van der Waals surface area contributed by atoms with Crippen LogP contribution in [-0.4, -0.2) is 34.0 Å². The summed E-state index contributed by atoms with van der Waals surface area (Å²) in [7, 11) is 0. The van der Waals surface area contributed by atoms with Crippen LogP contribution in [0.4, 0.5) is 0 Å². The van der Waals surface area contributed by atoms with Gasteiger partial charge >= 0.3 is 0 Å². The number of hydrogen-bond acceptors (Lipinski definition) is 6. The van der Waals surface area contributed by atoms with E-state index >= 15 is 0 Å². The highest BCUT2D eigenvalue weighted by Gasteiger charge is 2.47. The number of halogens is 1. The summed E-state index contributed by atoms with van der Waals surface area (Å²) in [4.78, 5) is 4.44. The van der Waals surface area contributed by atoms with Crippen molar-refractivity contribution in [2.75, 3.05) is 6.61 Å². The minimum absolute atomic E-state index is 0.0235. The van der Waals surface area contributed by atoms with E-state index in [-0.39, 0.29) is 30.7 Å². The Balaban J connectivity index is 1.38. The van der Waals surface area contributed by atoms with Crippen LogP contribution in [0.25, 0.3) is 0 Å². The van der Waals surface area contributed by atoms with Gasteiger partial charge in [0.25, 0.3) is 0 Å². The molecule has 2 N–H and O–H groups in total. The number of fused-ring (bicyclic) bond motifs is 1. The SMILES string of the molecule is Cc1ccc(OC[C@@H]2[C@H]3CC[C@H](c4nc(CO)cs4)O[C@H]3C[C@@H]2O)cc1Cl. The molecule has 7 heteroatoms. The number of ether oxygens (including phenoxy) is 2. The van der Waals surface area contributed by atoms with Crippen LogP contribution >= 0.6 is 22.9 Å². The Morgan fingerprint density at radius 2 is 2.22 bits per heavy atom. The largest absolute Gasteiger partial charge is 0.493 e. The lowest BCUT2D eigenvalue weighted by molar-refractivity contribution is -0.0812. The fourth-order valence-electron chi connectivity index (χ4n) is 4.14. The van der Waals surface area contributed by atoms with Crippen LogP contribution in [0.15, 0.2) is 23.6 Å². The summed E-state index contributed by atoms with van der Waals surface area (Å²) in [5, 5.41) is 23.2. The van der Waals surface area contributed by atoms with E-state index in [1.807, 2.05) is 30.5 Å². The van der Waals surface area contributed by atoms with Crippen molar-refractivity contribution in [1.82, 2.24) is 4.98 Å². The predicted octanol–water partition coefficient (Wildman–Crippen LogP) is 3.89. The van der Waals surface area contributed by atoms with Gasteiger partial charge < -0.3 is 19.7 Å². The molecule has 0 amide bonds. The average molecular weight is 410 g/mol. The van der Waals surface area contributed by atoms with Gasteiger partial charge in [0.2, 0.25) is 0 Å². The molecule has 2 fully saturated rings. The zero-order valence-electron chi connectivity index (χ0n) is 15.2. The molecule has 0 spiro atoms. The smallest absolute Gasteiger partial charge is 0.122 e.